The summed E-state index contributed by atoms with van der Waals surface area (Å²) in [6, 6.07) is 5.24. The molecule has 1 fully saturated rings. The number of hydrogen-bond acceptors (Lipinski definition) is 3. The third-order valence-electron chi connectivity index (χ3n) is 4.02. The molecule has 1 saturated heterocycles. The first-order valence-electron chi connectivity index (χ1n) is 7.45. The maximum absolute atomic E-state index is 9.91. The Morgan fingerprint density at radius 1 is 1.43 bits per heavy atom. The van der Waals surface area contributed by atoms with Gasteiger partial charge < -0.3 is 20.1 Å². The van der Waals surface area contributed by atoms with Gasteiger partial charge in [-0.15, -0.1) is 0 Å². The Balaban J connectivity index is 1.97. The number of hydrogen-bond donors (Lipinski definition) is 2. The minimum Gasteiger partial charge on any atom is -0.508 e. The van der Waals surface area contributed by atoms with E-state index in [4.69, 9.17) is 4.74 Å². The Morgan fingerprint density at radius 2 is 2.14 bits per heavy atom. The van der Waals surface area contributed by atoms with Crippen molar-refractivity contribution in [3.05, 3.63) is 23.8 Å². The summed E-state index contributed by atoms with van der Waals surface area (Å²) < 4.78 is 5.19. The SMILES string of the molecule is CN=C(NCc1cc(OC)ccc1O)N1CCC(C)CC1. The summed E-state index contributed by atoms with van der Waals surface area (Å²) in [4.78, 5) is 6.62. The van der Waals surface area contributed by atoms with Gasteiger partial charge in [0.2, 0.25) is 0 Å². The number of rotatable bonds is 3. The first kappa shape index (κ1) is 15.5. The van der Waals surface area contributed by atoms with E-state index >= 15 is 0 Å². The molecule has 2 rings (SSSR count). The lowest BCUT2D eigenvalue weighted by Gasteiger charge is -2.33. The third kappa shape index (κ3) is 4.03. The van der Waals surface area contributed by atoms with Crippen LogP contribution < -0.4 is 10.1 Å². The van der Waals surface area contributed by atoms with Gasteiger partial charge in [0, 0.05) is 32.2 Å². The summed E-state index contributed by atoms with van der Waals surface area (Å²) in [6.45, 7) is 4.89. The molecule has 0 radical (unpaired) electrons. The van der Waals surface area contributed by atoms with Crippen LogP contribution in [0.1, 0.15) is 25.3 Å². The molecule has 0 atom stereocenters. The molecule has 0 saturated carbocycles. The normalized spacial score (nSPS) is 16.9. The summed E-state index contributed by atoms with van der Waals surface area (Å²) in [5.74, 6) is 2.70. The molecule has 116 valence electrons. The van der Waals surface area contributed by atoms with Gasteiger partial charge >= 0.3 is 0 Å². The van der Waals surface area contributed by atoms with Gasteiger partial charge in [0.25, 0.3) is 0 Å². The predicted molar refractivity (Wildman–Crippen MR) is 84.8 cm³/mol. The van der Waals surface area contributed by atoms with Gasteiger partial charge in [-0.3, -0.25) is 4.99 Å². The molecule has 0 spiro atoms. The summed E-state index contributed by atoms with van der Waals surface area (Å²) in [5, 5.41) is 13.2. The average Bonchev–Trinajstić information content (AvgIpc) is 2.51. The number of aromatic hydroxyl groups is 1. The molecule has 0 unspecified atom stereocenters. The summed E-state index contributed by atoms with van der Waals surface area (Å²) >= 11 is 0. The van der Waals surface area contributed by atoms with E-state index in [1.807, 2.05) is 6.07 Å². The fourth-order valence-corrected chi connectivity index (χ4v) is 2.56. The molecule has 21 heavy (non-hydrogen) atoms. The van der Waals surface area contributed by atoms with Crippen molar-refractivity contribution in [1.29, 1.82) is 0 Å². The summed E-state index contributed by atoms with van der Waals surface area (Å²) in [5.41, 5.74) is 0.806. The predicted octanol–water partition coefficient (Wildman–Crippen LogP) is 2.21. The monoisotopic (exact) mass is 291 g/mol. The first-order chi connectivity index (χ1) is 10.1. The van der Waals surface area contributed by atoms with E-state index in [-0.39, 0.29) is 5.75 Å². The van der Waals surface area contributed by atoms with Crippen LogP contribution in [0.3, 0.4) is 0 Å². The maximum atomic E-state index is 9.91. The number of piperidine rings is 1. The summed E-state index contributed by atoms with van der Waals surface area (Å²) in [7, 11) is 3.42. The third-order valence-corrected chi connectivity index (χ3v) is 4.02. The highest BCUT2D eigenvalue weighted by atomic mass is 16.5. The molecular weight excluding hydrogens is 266 g/mol. The van der Waals surface area contributed by atoms with Gasteiger partial charge in [-0.1, -0.05) is 6.92 Å². The molecular formula is C16H25N3O2. The van der Waals surface area contributed by atoms with Crippen molar-refractivity contribution in [2.24, 2.45) is 10.9 Å². The highest BCUT2D eigenvalue weighted by molar-refractivity contribution is 5.80. The zero-order valence-corrected chi connectivity index (χ0v) is 13.1. The number of guanidine groups is 1. The van der Waals surface area contributed by atoms with E-state index in [1.54, 1.807) is 26.3 Å². The largest absolute Gasteiger partial charge is 0.508 e. The lowest BCUT2D eigenvalue weighted by Crippen LogP contribution is -2.45. The van der Waals surface area contributed by atoms with Crippen LogP contribution >= 0.6 is 0 Å². The van der Waals surface area contributed by atoms with Crippen LogP contribution in [0, 0.1) is 5.92 Å². The van der Waals surface area contributed by atoms with Gasteiger partial charge in [0.15, 0.2) is 5.96 Å². The fraction of sp³-hybridized carbons (Fsp3) is 0.562. The molecule has 0 bridgehead atoms. The lowest BCUT2D eigenvalue weighted by molar-refractivity contribution is 0.273. The van der Waals surface area contributed by atoms with Gasteiger partial charge in [-0.2, -0.15) is 0 Å². The van der Waals surface area contributed by atoms with Crippen molar-refractivity contribution in [1.82, 2.24) is 10.2 Å². The van der Waals surface area contributed by atoms with E-state index in [9.17, 15) is 5.11 Å². The zero-order chi connectivity index (χ0) is 15.2. The Kier molecular flexibility index (Phi) is 5.31. The molecule has 0 aromatic heterocycles. The quantitative estimate of drug-likeness (QED) is 0.662. The number of benzene rings is 1. The minimum absolute atomic E-state index is 0.269. The molecule has 0 amide bonds. The Morgan fingerprint density at radius 3 is 2.76 bits per heavy atom. The number of phenols is 1. The van der Waals surface area contributed by atoms with Crippen molar-refractivity contribution in [3.63, 3.8) is 0 Å². The molecule has 2 N–H and O–H groups in total. The van der Waals surface area contributed by atoms with Crippen molar-refractivity contribution in [2.75, 3.05) is 27.2 Å². The smallest absolute Gasteiger partial charge is 0.193 e. The minimum atomic E-state index is 0.269. The number of aliphatic imine (C=N–C) groups is 1. The number of nitrogens with zero attached hydrogens (tertiary/aromatic N) is 2. The van der Waals surface area contributed by atoms with Gasteiger partial charge in [0.1, 0.15) is 11.5 Å². The highest BCUT2D eigenvalue weighted by Gasteiger charge is 2.18. The van der Waals surface area contributed by atoms with Gasteiger partial charge in [0.05, 0.1) is 7.11 Å². The van der Waals surface area contributed by atoms with Crippen LogP contribution in [-0.2, 0) is 6.54 Å². The number of nitrogens with one attached hydrogen (secondary N) is 1. The molecule has 1 aliphatic heterocycles. The van der Waals surface area contributed by atoms with Gasteiger partial charge in [-0.25, -0.2) is 0 Å². The molecule has 1 aliphatic rings. The van der Waals surface area contributed by atoms with E-state index in [2.05, 4.69) is 22.1 Å². The number of ether oxygens (including phenoxy) is 1. The fourth-order valence-electron chi connectivity index (χ4n) is 2.56. The van der Waals surface area contributed by atoms with Crippen LogP contribution in [0.4, 0.5) is 0 Å². The van der Waals surface area contributed by atoms with E-state index in [1.165, 1.54) is 12.8 Å². The maximum Gasteiger partial charge on any atom is 0.193 e. The molecule has 1 aromatic rings. The first-order valence-corrected chi connectivity index (χ1v) is 7.45. The molecule has 5 nitrogen and oxygen atoms in total. The number of likely N-dealkylation sites (tertiary alicyclic amines) is 1. The Hall–Kier alpha value is -1.91. The van der Waals surface area contributed by atoms with Crippen molar-refractivity contribution in [2.45, 2.75) is 26.3 Å². The second-order valence-electron chi connectivity index (χ2n) is 5.56. The number of phenolic OH excluding ortho intramolecular Hbond substituents is 1. The molecule has 1 aromatic carbocycles. The molecule has 1 heterocycles. The van der Waals surface area contributed by atoms with Gasteiger partial charge in [-0.05, 0) is 37.0 Å². The Bertz CT molecular complexity index is 494. The Labute approximate surface area is 126 Å². The van der Waals surface area contributed by atoms with Crippen LogP contribution in [0.15, 0.2) is 23.2 Å². The summed E-state index contributed by atoms with van der Waals surface area (Å²) in [6.07, 6.45) is 2.40. The van der Waals surface area contributed by atoms with Crippen molar-refractivity contribution >= 4 is 5.96 Å². The van der Waals surface area contributed by atoms with E-state index in [0.717, 1.165) is 36.3 Å². The molecule has 0 aliphatic carbocycles. The second kappa shape index (κ2) is 7.20. The van der Waals surface area contributed by atoms with Crippen LogP contribution in [0.2, 0.25) is 0 Å². The number of methoxy groups -OCH3 is 1. The van der Waals surface area contributed by atoms with Crippen LogP contribution in [-0.4, -0.2) is 43.2 Å². The van der Waals surface area contributed by atoms with Crippen molar-refractivity contribution in [3.8, 4) is 11.5 Å². The zero-order valence-electron chi connectivity index (χ0n) is 13.1. The van der Waals surface area contributed by atoms with E-state index in [0.29, 0.717) is 6.54 Å². The highest BCUT2D eigenvalue weighted by Crippen LogP contribution is 2.23. The lowest BCUT2D eigenvalue weighted by atomic mass is 9.99. The van der Waals surface area contributed by atoms with Crippen molar-refractivity contribution < 1.29 is 9.84 Å². The second-order valence-corrected chi connectivity index (χ2v) is 5.56. The average molecular weight is 291 g/mol. The molecule has 5 heteroatoms. The van der Waals surface area contributed by atoms with Crippen LogP contribution in [0.5, 0.6) is 11.5 Å². The van der Waals surface area contributed by atoms with Crippen LogP contribution in [0.25, 0.3) is 0 Å². The topological polar surface area (TPSA) is 57.1 Å². The van der Waals surface area contributed by atoms with E-state index < -0.39 is 0 Å². The standard InChI is InChI=1S/C16H25N3O2/c1-12-6-8-19(9-7-12)16(17-2)18-11-13-10-14(21-3)4-5-15(13)20/h4-5,10,12,20H,6-9,11H2,1-3H3,(H,17,18).